The summed E-state index contributed by atoms with van der Waals surface area (Å²) in [4.78, 5) is 11.9. The van der Waals surface area contributed by atoms with Gasteiger partial charge in [0.25, 0.3) is 0 Å². The number of carbonyl (C=O) groups is 1. The van der Waals surface area contributed by atoms with Gasteiger partial charge in [-0.05, 0) is 24.1 Å². The zero-order valence-corrected chi connectivity index (χ0v) is 15.7. The fraction of sp³-hybridized carbons (Fsp3) is 0.167. The van der Waals surface area contributed by atoms with Gasteiger partial charge in [-0.25, -0.2) is 8.78 Å². The van der Waals surface area contributed by atoms with Crippen LogP contribution < -0.4 is 10.6 Å². The van der Waals surface area contributed by atoms with E-state index in [0.29, 0.717) is 9.47 Å². The molecule has 0 aliphatic carbocycles. The first-order chi connectivity index (χ1) is 13.1. The molecule has 0 aliphatic heterocycles. The van der Waals surface area contributed by atoms with E-state index in [1.807, 2.05) is 18.2 Å². The monoisotopic (exact) mass is 406 g/mol. The predicted molar refractivity (Wildman–Crippen MR) is 104 cm³/mol. The Morgan fingerprint density at radius 3 is 2.70 bits per heavy atom. The number of thioether (sulfide) groups is 1. The lowest BCUT2D eigenvalue weighted by Crippen LogP contribution is -2.15. The minimum absolute atomic E-state index is 0.0511. The number of rotatable bonds is 8. The van der Waals surface area contributed by atoms with Crippen LogP contribution in [0.15, 0.2) is 52.9 Å². The van der Waals surface area contributed by atoms with Crippen molar-refractivity contribution in [2.75, 3.05) is 22.9 Å². The van der Waals surface area contributed by atoms with Crippen LogP contribution in [0.5, 0.6) is 0 Å². The fourth-order valence-corrected chi connectivity index (χ4v) is 3.78. The van der Waals surface area contributed by atoms with Crippen LogP contribution in [-0.2, 0) is 11.2 Å². The van der Waals surface area contributed by atoms with Crippen LogP contribution >= 0.6 is 23.1 Å². The Balaban J connectivity index is 1.43. The van der Waals surface area contributed by atoms with Crippen LogP contribution in [0.3, 0.4) is 0 Å². The van der Waals surface area contributed by atoms with E-state index in [2.05, 4.69) is 33.0 Å². The minimum atomic E-state index is -0.811. The number of hydrogen-bond acceptors (Lipinski definition) is 6. The summed E-state index contributed by atoms with van der Waals surface area (Å²) in [6, 6.07) is 13.1. The Hall–Kier alpha value is -2.52. The number of halogens is 2. The van der Waals surface area contributed by atoms with Crippen LogP contribution in [0.25, 0.3) is 0 Å². The highest BCUT2D eigenvalue weighted by Gasteiger charge is 2.11. The normalized spacial score (nSPS) is 10.6. The zero-order valence-electron chi connectivity index (χ0n) is 14.1. The van der Waals surface area contributed by atoms with Crippen molar-refractivity contribution in [2.24, 2.45) is 0 Å². The first-order valence-corrected chi connectivity index (χ1v) is 9.89. The maximum absolute atomic E-state index is 13.5. The number of hydrogen-bond donors (Lipinski definition) is 2. The Bertz CT molecular complexity index is 905. The molecule has 0 unspecified atom stereocenters. The molecule has 1 heterocycles. The van der Waals surface area contributed by atoms with E-state index in [4.69, 9.17) is 0 Å². The van der Waals surface area contributed by atoms with Crippen molar-refractivity contribution >= 4 is 39.8 Å². The summed E-state index contributed by atoms with van der Waals surface area (Å²) < 4.78 is 27.0. The highest BCUT2D eigenvalue weighted by atomic mass is 32.2. The molecule has 5 nitrogen and oxygen atoms in total. The number of benzene rings is 2. The molecule has 0 bridgehead atoms. The maximum atomic E-state index is 13.5. The van der Waals surface area contributed by atoms with Crippen molar-refractivity contribution in [3.63, 3.8) is 0 Å². The number of amides is 1. The first kappa shape index (κ1) is 19.2. The van der Waals surface area contributed by atoms with Gasteiger partial charge in [-0.15, -0.1) is 10.2 Å². The Morgan fingerprint density at radius 1 is 1.11 bits per heavy atom. The lowest BCUT2D eigenvalue weighted by Gasteiger charge is -2.05. The molecule has 2 aromatic carbocycles. The number of aromatic nitrogens is 2. The zero-order chi connectivity index (χ0) is 19.1. The van der Waals surface area contributed by atoms with Gasteiger partial charge in [-0.2, -0.15) is 0 Å². The van der Waals surface area contributed by atoms with Crippen LogP contribution in [-0.4, -0.2) is 28.4 Å². The molecule has 9 heteroatoms. The van der Waals surface area contributed by atoms with Crippen LogP contribution in [0.4, 0.5) is 19.6 Å². The second kappa shape index (κ2) is 9.43. The molecule has 27 heavy (non-hydrogen) atoms. The van der Waals surface area contributed by atoms with Gasteiger partial charge in [-0.3, -0.25) is 4.79 Å². The molecule has 0 spiro atoms. The van der Waals surface area contributed by atoms with Crippen molar-refractivity contribution in [1.82, 2.24) is 10.2 Å². The van der Waals surface area contributed by atoms with Crippen LogP contribution in [0, 0.1) is 11.6 Å². The molecule has 0 radical (unpaired) electrons. The molecular formula is C18H16F2N4OS2. The molecule has 2 N–H and O–H groups in total. The summed E-state index contributed by atoms with van der Waals surface area (Å²) in [5, 5.41) is 14.3. The smallest absolute Gasteiger partial charge is 0.234 e. The van der Waals surface area contributed by atoms with Crippen molar-refractivity contribution in [2.45, 2.75) is 10.8 Å². The van der Waals surface area contributed by atoms with Crippen molar-refractivity contribution < 1.29 is 13.6 Å². The Labute approximate surface area is 163 Å². The number of nitrogens with zero attached hydrogens (tertiary/aromatic N) is 2. The van der Waals surface area contributed by atoms with E-state index in [1.54, 1.807) is 0 Å². The highest BCUT2D eigenvalue weighted by molar-refractivity contribution is 8.01. The number of carbonyl (C=O) groups excluding carboxylic acids is 1. The molecule has 1 amide bonds. The molecule has 1 aromatic heterocycles. The molecule has 0 saturated carbocycles. The number of anilines is 2. The van der Waals surface area contributed by atoms with Gasteiger partial charge in [0.2, 0.25) is 11.0 Å². The van der Waals surface area contributed by atoms with Crippen LogP contribution in [0.2, 0.25) is 0 Å². The Kier molecular flexibility index (Phi) is 6.72. The van der Waals surface area contributed by atoms with E-state index in [-0.39, 0.29) is 11.4 Å². The van der Waals surface area contributed by atoms with Gasteiger partial charge < -0.3 is 10.6 Å². The number of nitrogens with one attached hydrogen (secondary N) is 2. The molecule has 0 aliphatic rings. The van der Waals surface area contributed by atoms with Gasteiger partial charge in [0.15, 0.2) is 4.34 Å². The standard InChI is InChI=1S/C18H16F2N4OS2/c19-13-6-7-15(14(20)10-13)22-16(25)11-26-18-24-23-17(27-18)21-9-8-12-4-2-1-3-5-12/h1-7,10H,8-9,11H2,(H,21,23)(H,22,25). The summed E-state index contributed by atoms with van der Waals surface area (Å²) in [6.45, 7) is 0.730. The van der Waals surface area contributed by atoms with E-state index in [0.717, 1.165) is 25.1 Å². The lowest BCUT2D eigenvalue weighted by atomic mass is 10.2. The average Bonchev–Trinajstić information content (AvgIpc) is 3.11. The van der Waals surface area contributed by atoms with Crippen LogP contribution in [0.1, 0.15) is 5.56 Å². The predicted octanol–water partition coefficient (Wildman–Crippen LogP) is 4.20. The highest BCUT2D eigenvalue weighted by Crippen LogP contribution is 2.25. The lowest BCUT2D eigenvalue weighted by molar-refractivity contribution is -0.113. The van der Waals surface area contributed by atoms with Gasteiger partial charge in [0, 0.05) is 12.6 Å². The molecule has 140 valence electrons. The molecule has 0 saturated heterocycles. The van der Waals surface area contributed by atoms with Gasteiger partial charge in [0.1, 0.15) is 11.6 Å². The second-order valence-electron chi connectivity index (χ2n) is 5.50. The second-order valence-corrected chi connectivity index (χ2v) is 7.70. The van der Waals surface area contributed by atoms with E-state index < -0.39 is 17.5 Å². The summed E-state index contributed by atoms with van der Waals surface area (Å²) in [5.74, 6) is -1.86. The topological polar surface area (TPSA) is 66.9 Å². The van der Waals surface area contributed by atoms with Gasteiger partial charge in [0.05, 0.1) is 11.4 Å². The summed E-state index contributed by atoms with van der Waals surface area (Å²) in [6.07, 6.45) is 0.870. The molecule has 3 aromatic rings. The molecule has 0 fully saturated rings. The third kappa shape index (κ3) is 6.00. The molecule has 3 rings (SSSR count). The SMILES string of the molecule is O=C(CSc1nnc(NCCc2ccccc2)s1)Nc1ccc(F)cc1F. The third-order valence-corrected chi connectivity index (χ3v) is 5.49. The summed E-state index contributed by atoms with van der Waals surface area (Å²) in [7, 11) is 0. The average molecular weight is 406 g/mol. The third-order valence-electron chi connectivity index (χ3n) is 3.47. The molecule has 0 atom stereocenters. The quantitative estimate of drug-likeness (QED) is 0.549. The van der Waals surface area contributed by atoms with Crippen molar-refractivity contribution in [3.8, 4) is 0 Å². The summed E-state index contributed by atoms with van der Waals surface area (Å²) in [5.41, 5.74) is 1.18. The fourth-order valence-electron chi connectivity index (χ4n) is 2.20. The van der Waals surface area contributed by atoms with Crippen molar-refractivity contribution in [1.29, 1.82) is 0 Å². The van der Waals surface area contributed by atoms with E-state index in [9.17, 15) is 13.6 Å². The maximum Gasteiger partial charge on any atom is 0.234 e. The van der Waals surface area contributed by atoms with Gasteiger partial charge >= 0.3 is 0 Å². The largest absolute Gasteiger partial charge is 0.360 e. The summed E-state index contributed by atoms with van der Waals surface area (Å²) >= 11 is 2.55. The Morgan fingerprint density at radius 2 is 1.93 bits per heavy atom. The molecular weight excluding hydrogens is 390 g/mol. The van der Waals surface area contributed by atoms with E-state index in [1.165, 1.54) is 34.7 Å². The minimum Gasteiger partial charge on any atom is -0.360 e. The van der Waals surface area contributed by atoms with E-state index >= 15 is 0 Å². The van der Waals surface area contributed by atoms with Gasteiger partial charge in [-0.1, -0.05) is 53.4 Å². The first-order valence-electron chi connectivity index (χ1n) is 8.09. The van der Waals surface area contributed by atoms with Crippen molar-refractivity contribution in [3.05, 3.63) is 65.7 Å².